The fraction of sp³-hybridized carbons (Fsp3) is 0.381. The molecule has 1 amide bonds. The maximum absolute atomic E-state index is 13.0. The average Bonchev–Trinajstić information content (AvgIpc) is 3.44. The third-order valence-corrected chi connectivity index (χ3v) is 8.20. The van der Waals surface area contributed by atoms with Crippen molar-refractivity contribution in [3.8, 4) is 5.75 Å². The third kappa shape index (κ3) is 4.05. The van der Waals surface area contributed by atoms with Crippen LogP contribution < -0.4 is 15.6 Å². The number of carbonyl (C=O) groups excluding carboxylic acids is 1. The van der Waals surface area contributed by atoms with Gasteiger partial charge < -0.3 is 9.64 Å². The number of nitrogens with one attached hydrogen (secondary N) is 2. The highest BCUT2D eigenvalue weighted by Crippen LogP contribution is 2.31. The molecule has 9 heteroatoms. The summed E-state index contributed by atoms with van der Waals surface area (Å²) in [7, 11) is -1.89. The van der Waals surface area contributed by atoms with Gasteiger partial charge in [-0.15, -0.1) is 0 Å². The Morgan fingerprint density at radius 2 is 1.87 bits per heavy atom. The van der Waals surface area contributed by atoms with Gasteiger partial charge in [0.2, 0.25) is 5.91 Å². The SMILES string of the molecule is COc1ccccc1C1CC(C(=O)N2CCC(S(=O)(=O)c3ccc(Cl)cc3)C2)NN1. The van der Waals surface area contributed by atoms with Crippen LogP contribution in [-0.2, 0) is 14.6 Å². The standard InChI is InChI=1S/C21H24ClN3O4S/c1-29-20-5-3-2-4-17(20)18-12-19(24-23-18)21(26)25-11-10-16(13-25)30(27,28)15-8-6-14(22)7-9-15/h2-9,16,18-19,23-24H,10-13H2,1H3. The molecule has 30 heavy (non-hydrogen) atoms. The molecule has 2 heterocycles. The molecule has 160 valence electrons. The minimum Gasteiger partial charge on any atom is -0.496 e. The number of hydrazine groups is 1. The number of methoxy groups -OCH3 is 1. The van der Waals surface area contributed by atoms with Crippen molar-refractivity contribution in [3.63, 3.8) is 0 Å². The first-order chi connectivity index (χ1) is 14.4. The maximum atomic E-state index is 13.0. The van der Waals surface area contributed by atoms with E-state index in [-0.39, 0.29) is 23.4 Å². The third-order valence-electron chi connectivity index (χ3n) is 5.75. The van der Waals surface area contributed by atoms with Crippen LogP contribution in [0.3, 0.4) is 0 Å². The van der Waals surface area contributed by atoms with Crippen molar-refractivity contribution in [1.29, 1.82) is 0 Å². The molecule has 2 aliphatic rings. The van der Waals surface area contributed by atoms with Gasteiger partial charge >= 0.3 is 0 Å². The fourth-order valence-corrected chi connectivity index (χ4v) is 5.91. The molecule has 0 bridgehead atoms. The first kappa shape index (κ1) is 21.1. The quantitative estimate of drug-likeness (QED) is 0.728. The van der Waals surface area contributed by atoms with Crippen molar-refractivity contribution in [2.45, 2.75) is 35.1 Å². The molecule has 2 aromatic carbocycles. The van der Waals surface area contributed by atoms with E-state index in [9.17, 15) is 13.2 Å². The van der Waals surface area contributed by atoms with E-state index in [1.54, 1.807) is 24.1 Å². The number of ether oxygens (including phenoxy) is 1. The van der Waals surface area contributed by atoms with Crippen LogP contribution in [0.15, 0.2) is 53.4 Å². The van der Waals surface area contributed by atoms with Crippen molar-refractivity contribution >= 4 is 27.3 Å². The Kier molecular flexibility index (Phi) is 6.02. The largest absolute Gasteiger partial charge is 0.496 e. The molecule has 2 aromatic rings. The number of rotatable bonds is 5. The summed E-state index contributed by atoms with van der Waals surface area (Å²) in [6.45, 7) is 0.620. The van der Waals surface area contributed by atoms with Crippen LogP contribution in [0.5, 0.6) is 5.75 Å². The smallest absolute Gasteiger partial charge is 0.241 e. The molecule has 2 fully saturated rings. The molecule has 0 saturated carbocycles. The molecule has 0 aromatic heterocycles. The van der Waals surface area contributed by atoms with Gasteiger partial charge in [-0.2, -0.15) is 0 Å². The minimum atomic E-state index is -3.51. The Bertz CT molecular complexity index is 1030. The monoisotopic (exact) mass is 449 g/mol. The number of benzene rings is 2. The van der Waals surface area contributed by atoms with Crippen molar-refractivity contribution in [3.05, 3.63) is 59.1 Å². The second-order valence-corrected chi connectivity index (χ2v) is 10.2. The van der Waals surface area contributed by atoms with Gasteiger partial charge in [0.15, 0.2) is 9.84 Å². The second-order valence-electron chi connectivity index (χ2n) is 7.57. The highest BCUT2D eigenvalue weighted by molar-refractivity contribution is 7.92. The number of carbonyl (C=O) groups is 1. The normalized spacial score (nSPS) is 24.2. The van der Waals surface area contributed by atoms with Crippen molar-refractivity contribution in [2.24, 2.45) is 0 Å². The molecule has 0 aliphatic carbocycles. The summed E-state index contributed by atoms with van der Waals surface area (Å²) in [5, 5.41) is -0.122. The van der Waals surface area contributed by atoms with Crippen LogP contribution >= 0.6 is 11.6 Å². The number of para-hydroxylation sites is 1. The van der Waals surface area contributed by atoms with Gasteiger partial charge in [0.1, 0.15) is 11.8 Å². The van der Waals surface area contributed by atoms with Gasteiger partial charge in [-0.3, -0.25) is 4.79 Å². The lowest BCUT2D eigenvalue weighted by Crippen LogP contribution is -2.45. The van der Waals surface area contributed by atoms with E-state index in [1.807, 2.05) is 24.3 Å². The zero-order valence-corrected chi connectivity index (χ0v) is 18.1. The Morgan fingerprint density at radius 3 is 2.60 bits per heavy atom. The molecule has 4 rings (SSSR count). The van der Waals surface area contributed by atoms with Crippen molar-refractivity contribution in [2.75, 3.05) is 20.2 Å². The molecular formula is C21H24ClN3O4S. The Hall–Kier alpha value is -2.13. The van der Waals surface area contributed by atoms with Gasteiger partial charge in [-0.25, -0.2) is 19.3 Å². The lowest BCUT2D eigenvalue weighted by Gasteiger charge is -2.20. The molecule has 0 spiro atoms. The topological polar surface area (TPSA) is 87.7 Å². The minimum absolute atomic E-state index is 0.0636. The summed E-state index contributed by atoms with van der Waals surface area (Å²) in [6.07, 6.45) is 0.983. The predicted octanol–water partition coefficient (Wildman–Crippen LogP) is 2.33. The second kappa shape index (κ2) is 8.55. The summed E-state index contributed by atoms with van der Waals surface area (Å²) in [4.78, 5) is 14.9. The number of amides is 1. The average molecular weight is 450 g/mol. The lowest BCUT2D eigenvalue weighted by atomic mass is 10.0. The zero-order valence-electron chi connectivity index (χ0n) is 16.5. The molecule has 3 unspecified atom stereocenters. The number of hydrogen-bond donors (Lipinski definition) is 2. The van der Waals surface area contributed by atoms with E-state index in [2.05, 4.69) is 10.9 Å². The lowest BCUT2D eigenvalue weighted by molar-refractivity contribution is -0.132. The summed E-state index contributed by atoms with van der Waals surface area (Å²) < 4.78 is 31.3. The van der Waals surface area contributed by atoms with Crippen LogP contribution in [0.1, 0.15) is 24.4 Å². The summed E-state index contributed by atoms with van der Waals surface area (Å²) in [5.41, 5.74) is 7.21. The zero-order chi connectivity index (χ0) is 21.3. The Balaban J connectivity index is 1.41. The van der Waals surface area contributed by atoms with Crippen LogP contribution in [0.4, 0.5) is 0 Å². The summed E-state index contributed by atoms with van der Waals surface area (Å²) in [5.74, 6) is 0.675. The number of likely N-dealkylation sites (tertiary alicyclic amines) is 1. The maximum Gasteiger partial charge on any atom is 0.241 e. The van der Waals surface area contributed by atoms with Crippen molar-refractivity contribution < 1.29 is 17.9 Å². The number of halogens is 1. The van der Waals surface area contributed by atoms with Crippen LogP contribution in [0, 0.1) is 0 Å². The summed E-state index contributed by atoms with van der Waals surface area (Å²) in [6, 6.07) is 13.4. The molecule has 2 saturated heterocycles. The van der Waals surface area contributed by atoms with Gasteiger partial charge in [-0.1, -0.05) is 29.8 Å². The first-order valence-corrected chi connectivity index (χ1v) is 11.7. The highest BCUT2D eigenvalue weighted by Gasteiger charge is 2.40. The number of nitrogens with zero attached hydrogens (tertiary/aromatic N) is 1. The molecule has 2 N–H and O–H groups in total. The fourth-order valence-electron chi connectivity index (χ4n) is 4.10. The molecule has 3 atom stereocenters. The van der Waals surface area contributed by atoms with Crippen molar-refractivity contribution in [1.82, 2.24) is 15.8 Å². The number of sulfone groups is 1. The molecule has 2 aliphatic heterocycles. The van der Waals surface area contributed by atoms with E-state index < -0.39 is 21.1 Å². The van der Waals surface area contributed by atoms with Crippen LogP contribution in [0.2, 0.25) is 5.02 Å². The van der Waals surface area contributed by atoms with E-state index in [0.29, 0.717) is 24.4 Å². The van der Waals surface area contributed by atoms with E-state index in [1.165, 1.54) is 12.1 Å². The van der Waals surface area contributed by atoms with E-state index >= 15 is 0 Å². The molecular weight excluding hydrogens is 426 g/mol. The Morgan fingerprint density at radius 1 is 1.13 bits per heavy atom. The predicted molar refractivity (Wildman–Crippen MR) is 114 cm³/mol. The Labute approximate surface area is 181 Å². The van der Waals surface area contributed by atoms with E-state index in [4.69, 9.17) is 16.3 Å². The molecule has 0 radical (unpaired) electrons. The van der Waals surface area contributed by atoms with E-state index in [0.717, 1.165) is 11.3 Å². The first-order valence-electron chi connectivity index (χ1n) is 9.82. The van der Waals surface area contributed by atoms with Gasteiger partial charge in [-0.05, 0) is 43.2 Å². The summed E-state index contributed by atoms with van der Waals surface area (Å²) >= 11 is 5.87. The van der Waals surface area contributed by atoms with Crippen LogP contribution in [0.25, 0.3) is 0 Å². The van der Waals surface area contributed by atoms with Crippen LogP contribution in [-0.4, -0.2) is 50.7 Å². The highest BCUT2D eigenvalue weighted by atomic mass is 35.5. The number of hydrogen-bond acceptors (Lipinski definition) is 6. The van der Waals surface area contributed by atoms with Gasteiger partial charge in [0.25, 0.3) is 0 Å². The van der Waals surface area contributed by atoms with Gasteiger partial charge in [0, 0.05) is 23.7 Å². The molecule has 7 nitrogen and oxygen atoms in total. The van der Waals surface area contributed by atoms with Gasteiger partial charge in [0.05, 0.1) is 23.3 Å².